The topological polar surface area (TPSA) is 84.7 Å². The van der Waals surface area contributed by atoms with Crippen molar-refractivity contribution in [1.82, 2.24) is 4.90 Å². The van der Waals surface area contributed by atoms with Gasteiger partial charge in [0, 0.05) is 37.0 Å². The third-order valence-corrected chi connectivity index (χ3v) is 4.34. The van der Waals surface area contributed by atoms with E-state index in [9.17, 15) is 9.59 Å². The van der Waals surface area contributed by atoms with Gasteiger partial charge in [0.1, 0.15) is 6.10 Å². The van der Waals surface area contributed by atoms with E-state index in [1.807, 2.05) is 0 Å². The largest absolute Gasteiger partial charge is 0.368 e. The summed E-state index contributed by atoms with van der Waals surface area (Å²) in [5.74, 6) is -0.180. The minimum atomic E-state index is -0.380. The molecule has 0 aromatic heterocycles. The van der Waals surface area contributed by atoms with Crippen molar-refractivity contribution in [3.8, 4) is 0 Å². The molecule has 2 aliphatic heterocycles. The van der Waals surface area contributed by atoms with E-state index in [2.05, 4.69) is 5.32 Å². The van der Waals surface area contributed by atoms with Gasteiger partial charge in [0.15, 0.2) is 0 Å². The maximum Gasteiger partial charge on any atom is 0.253 e. The van der Waals surface area contributed by atoms with Crippen LogP contribution in [0.2, 0.25) is 0 Å². The van der Waals surface area contributed by atoms with Gasteiger partial charge in [-0.25, -0.2) is 0 Å². The first kappa shape index (κ1) is 18.7. The summed E-state index contributed by atoms with van der Waals surface area (Å²) >= 11 is 0. The van der Waals surface area contributed by atoms with Crippen LogP contribution in [0.25, 0.3) is 0 Å². The van der Waals surface area contributed by atoms with Crippen molar-refractivity contribution in [1.29, 1.82) is 0 Å². The summed E-state index contributed by atoms with van der Waals surface area (Å²) in [6, 6.07) is 7.10. The highest BCUT2D eigenvalue weighted by atomic mass is 35.5. The zero-order chi connectivity index (χ0) is 16.2. The van der Waals surface area contributed by atoms with Crippen LogP contribution in [0.1, 0.15) is 36.0 Å². The van der Waals surface area contributed by atoms with Crippen molar-refractivity contribution in [2.75, 3.05) is 25.0 Å². The number of carbonyl (C=O) groups is 2. The number of anilines is 1. The molecule has 2 heterocycles. The highest BCUT2D eigenvalue weighted by molar-refractivity contribution is 5.98. The number of piperidine rings is 1. The van der Waals surface area contributed by atoms with Gasteiger partial charge in [0.2, 0.25) is 0 Å². The Kier molecular flexibility index (Phi) is 6.60. The zero-order valence-electron chi connectivity index (χ0n) is 13.6. The number of hydrogen-bond acceptors (Lipinski definition) is 4. The second-order valence-electron chi connectivity index (χ2n) is 6.23. The van der Waals surface area contributed by atoms with E-state index < -0.39 is 0 Å². The summed E-state index contributed by atoms with van der Waals surface area (Å²) in [6.07, 6.45) is 3.17. The Bertz CT molecular complexity index is 590. The quantitative estimate of drug-likeness (QED) is 0.867. The monoisotopic (exact) mass is 353 g/mol. The first-order chi connectivity index (χ1) is 11.1. The van der Waals surface area contributed by atoms with Crippen LogP contribution in [-0.4, -0.2) is 48.6 Å². The van der Waals surface area contributed by atoms with Crippen LogP contribution in [0, 0.1) is 0 Å². The maximum atomic E-state index is 12.6. The molecule has 3 N–H and O–H groups in total. The summed E-state index contributed by atoms with van der Waals surface area (Å²) in [4.78, 5) is 26.5. The number of nitrogens with two attached hydrogens (primary N) is 1. The van der Waals surface area contributed by atoms with Crippen LogP contribution in [0.3, 0.4) is 0 Å². The molecule has 3 rings (SSSR count). The molecule has 132 valence electrons. The van der Waals surface area contributed by atoms with Gasteiger partial charge in [0.05, 0.1) is 0 Å². The number of ether oxygens (including phenoxy) is 1. The number of hydrogen-bond donors (Lipinski definition) is 2. The lowest BCUT2D eigenvalue weighted by molar-refractivity contribution is -0.124. The molecule has 2 amide bonds. The lowest BCUT2D eigenvalue weighted by Crippen LogP contribution is -2.45. The van der Waals surface area contributed by atoms with Gasteiger partial charge in [0.25, 0.3) is 11.8 Å². The molecule has 0 bridgehead atoms. The molecule has 2 aliphatic rings. The molecule has 2 fully saturated rings. The average Bonchev–Trinajstić information content (AvgIpc) is 3.09. The Balaban J connectivity index is 0.00000208. The van der Waals surface area contributed by atoms with E-state index in [1.165, 1.54) is 0 Å². The summed E-state index contributed by atoms with van der Waals surface area (Å²) in [6.45, 7) is 1.95. The SMILES string of the molecule is Cl.NC1CCCN(C(=O)c2cccc(NC(=O)C3CCCO3)c2)C1. The summed E-state index contributed by atoms with van der Waals surface area (Å²) in [5.41, 5.74) is 7.14. The van der Waals surface area contributed by atoms with Gasteiger partial charge in [-0.2, -0.15) is 0 Å². The van der Waals surface area contributed by atoms with Crippen LogP contribution in [0.15, 0.2) is 24.3 Å². The maximum absolute atomic E-state index is 12.6. The van der Waals surface area contributed by atoms with Gasteiger partial charge in [-0.05, 0) is 43.9 Å². The Morgan fingerprint density at radius 1 is 1.25 bits per heavy atom. The van der Waals surface area contributed by atoms with Crippen molar-refractivity contribution >= 4 is 29.9 Å². The number of halogens is 1. The number of amides is 2. The van der Waals surface area contributed by atoms with Crippen LogP contribution in [0.5, 0.6) is 0 Å². The van der Waals surface area contributed by atoms with Gasteiger partial charge in [-0.15, -0.1) is 12.4 Å². The Morgan fingerprint density at radius 3 is 2.79 bits per heavy atom. The van der Waals surface area contributed by atoms with Gasteiger partial charge >= 0.3 is 0 Å². The smallest absolute Gasteiger partial charge is 0.253 e. The predicted octanol–water partition coefficient (Wildman–Crippen LogP) is 1.79. The summed E-state index contributed by atoms with van der Waals surface area (Å²) in [5, 5.41) is 2.83. The minimum absolute atomic E-state index is 0. The second-order valence-corrected chi connectivity index (χ2v) is 6.23. The average molecular weight is 354 g/mol. The standard InChI is InChI=1S/C17H23N3O3.ClH/c18-13-5-2-8-20(11-13)17(22)12-4-1-6-14(10-12)19-16(21)15-7-3-9-23-15;/h1,4,6,10,13,15H,2-3,5,7-9,11,18H2,(H,19,21);1H. The fourth-order valence-electron chi connectivity index (χ4n) is 3.11. The highest BCUT2D eigenvalue weighted by Crippen LogP contribution is 2.18. The van der Waals surface area contributed by atoms with Gasteiger partial charge in [-0.3, -0.25) is 9.59 Å². The molecule has 1 aromatic carbocycles. The van der Waals surface area contributed by atoms with E-state index in [0.29, 0.717) is 24.4 Å². The molecule has 2 unspecified atom stereocenters. The van der Waals surface area contributed by atoms with Crippen LogP contribution >= 0.6 is 12.4 Å². The van der Waals surface area contributed by atoms with E-state index in [0.717, 1.165) is 32.2 Å². The first-order valence-corrected chi connectivity index (χ1v) is 8.21. The molecule has 6 nitrogen and oxygen atoms in total. The summed E-state index contributed by atoms with van der Waals surface area (Å²) in [7, 11) is 0. The van der Waals surface area contributed by atoms with Gasteiger partial charge in [-0.1, -0.05) is 6.07 Å². The number of carbonyl (C=O) groups excluding carboxylic acids is 2. The second kappa shape index (κ2) is 8.46. The number of rotatable bonds is 3. The molecule has 7 heteroatoms. The fraction of sp³-hybridized carbons (Fsp3) is 0.529. The first-order valence-electron chi connectivity index (χ1n) is 8.21. The van der Waals surface area contributed by atoms with Crippen molar-refractivity contribution in [3.63, 3.8) is 0 Å². The van der Waals surface area contributed by atoms with E-state index >= 15 is 0 Å². The molecule has 1 aromatic rings. The number of likely N-dealkylation sites (tertiary alicyclic amines) is 1. The Labute approximate surface area is 148 Å². The number of benzene rings is 1. The predicted molar refractivity (Wildman–Crippen MR) is 94.4 cm³/mol. The molecule has 24 heavy (non-hydrogen) atoms. The lowest BCUT2D eigenvalue weighted by atomic mass is 10.1. The molecular weight excluding hydrogens is 330 g/mol. The Morgan fingerprint density at radius 2 is 2.08 bits per heavy atom. The minimum Gasteiger partial charge on any atom is -0.368 e. The van der Waals surface area contributed by atoms with Crippen LogP contribution in [-0.2, 0) is 9.53 Å². The molecule has 0 saturated carbocycles. The van der Waals surface area contributed by atoms with E-state index in [4.69, 9.17) is 10.5 Å². The third-order valence-electron chi connectivity index (χ3n) is 4.34. The molecule has 0 aliphatic carbocycles. The van der Waals surface area contributed by atoms with Crippen LogP contribution < -0.4 is 11.1 Å². The molecule has 0 spiro atoms. The normalized spacial score (nSPS) is 23.5. The number of nitrogens with one attached hydrogen (secondary N) is 1. The van der Waals surface area contributed by atoms with Crippen molar-refractivity contribution < 1.29 is 14.3 Å². The third kappa shape index (κ3) is 4.47. The van der Waals surface area contributed by atoms with Crippen molar-refractivity contribution in [3.05, 3.63) is 29.8 Å². The number of nitrogens with zero attached hydrogens (tertiary/aromatic N) is 1. The molecule has 2 saturated heterocycles. The van der Waals surface area contributed by atoms with E-state index in [-0.39, 0.29) is 36.4 Å². The highest BCUT2D eigenvalue weighted by Gasteiger charge is 2.25. The summed E-state index contributed by atoms with van der Waals surface area (Å²) < 4.78 is 5.37. The van der Waals surface area contributed by atoms with E-state index in [1.54, 1.807) is 29.2 Å². The van der Waals surface area contributed by atoms with Crippen LogP contribution in [0.4, 0.5) is 5.69 Å². The Hall–Kier alpha value is -1.63. The molecular formula is C17H24ClN3O3. The molecule has 0 radical (unpaired) electrons. The van der Waals surface area contributed by atoms with Crippen molar-refractivity contribution in [2.45, 2.75) is 37.8 Å². The lowest BCUT2D eigenvalue weighted by Gasteiger charge is -2.30. The molecule has 2 atom stereocenters. The zero-order valence-corrected chi connectivity index (χ0v) is 14.4. The van der Waals surface area contributed by atoms with Crippen molar-refractivity contribution in [2.24, 2.45) is 5.73 Å². The fourth-order valence-corrected chi connectivity index (χ4v) is 3.11. The van der Waals surface area contributed by atoms with Gasteiger partial charge < -0.3 is 20.7 Å².